The highest BCUT2D eigenvalue weighted by Gasteiger charge is 2.23. The molecule has 19 heavy (non-hydrogen) atoms. The number of methoxy groups -OCH3 is 1. The molecule has 0 radical (unpaired) electrons. The maximum absolute atomic E-state index is 11.5. The monoisotopic (exact) mass is 269 g/mol. The van der Waals surface area contributed by atoms with E-state index in [4.69, 9.17) is 14.3 Å². The Morgan fingerprint density at radius 2 is 2.11 bits per heavy atom. The van der Waals surface area contributed by atoms with Gasteiger partial charge in [-0.25, -0.2) is 4.79 Å². The lowest BCUT2D eigenvalue weighted by Crippen LogP contribution is -2.41. The van der Waals surface area contributed by atoms with Crippen molar-refractivity contribution in [2.75, 3.05) is 7.11 Å². The molecule has 0 bridgehead atoms. The van der Waals surface area contributed by atoms with E-state index < -0.39 is 12.0 Å². The van der Waals surface area contributed by atoms with E-state index in [-0.39, 0.29) is 24.0 Å². The molecule has 106 valence electrons. The highest BCUT2D eigenvalue weighted by molar-refractivity contribution is 5.88. The Labute approximate surface area is 111 Å². The molecule has 1 aromatic rings. The highest BCUT2D eigenvalue weighted by atomic mass is 16.5. The molecule has 0 aliphatic carbocycles. The van der Waals surface area contributed by atoms with Gasteiger partial charge >= 0.3 is 11.9 Å². The van der Waals surface area contributed by atoms with Crippen molar-refractivity contribution in [3.05, 3.63) is 23.2 Å². The fraction of sp³-hybridized carbons (Fsp3) is 0.538. The quantitative estimate of drug-likeness (QED) is 0.762. The maximum atomic E-state index is 11.5. The van der Waals surface area contributed by atoms with Gasteiger partial charge in [0, 0.05) is 0 Å². The number of nitrogens with one attached hydrogen (secondary N) is 1. The molecule has 1 rings (SSSR count). The molecule has 1 aromatic heterocycles. The van der Waals surface area contributed by atoms with Crippen LogP contribution in [0.2, 0.25) is 0 Å². The topological polar surface area (TPSA) is 88.8 Å². The van der Waals surface area contributed by atoms with Crippen molar-refractivity contribution >= 4 is 11.9 Å². The third-order valence-corrected chi connectivity index (χ3v) is 2.82. The molecule has 1 atom stereocenters. The summed E-state index contributed by atoms with van der Waals surface area (Å²) in [6, 6.07) is 1.00. The fourth-order valence-electron chi connectivity index (χ4n) is 1.77. The molecule has 0 amide bonds. The van der Waals surface area contributed by atoms with Crippen molar-refractivity contribution in [3.63, 3.8) is 0 Å². The number of carbonyl (C=O) groups is 2. The SMILES string of the molecule is COC(=O)C(NCc1cc(C(=O)O)c(C)o1)C(C)C. The maximum Gasteiger partial charge on any atom is 0.339 e. The lowest BCUT2D eigenvalue weighted by molar-refractivity contribution is -0.144. The van der Waals surface area contributed by atoms with Crippen LogP contribution in [-0.4, -0.2) is 30.2 Å². The molecule has 0 saturated heterocycles. The minimum Gasteiger partial charge on any atom is -0.478 e. The third-order valence-electron chi connectivity index (χ3n) is 2.82. The second kappa shape index (κ2) is 6.38. The van der Waals surface area contributed by atoms with E-state index in [1.165, 1.54) is 13.2 Å². The Hall–Kier alpha value is -1.82. The number of hydrogen-bond donors (Lipinski definition) is 2. The summed E-state index contributed by atoms with van der Waals surface area (Å²) in [4.78, 5) is 22.4. The van der Waals surface area contributed by atoms with Crippen LogP contribution in [0.15, 0.2) is 10.5 Å². The normalized spacial score (nSPS) is 12.5. The largest absolute Gasteiger partial charge is 0.478 e. The number of ether oxygens (including phenoxy) is 1. The second-order valence-electron chi connectivity index (χ2n) is 4.61. The van der Waals surface area contributed by atoms with Gasteiger partial charge in [-0.1, -0.05) is 13.8 Å². The van der Waals surface area contributed by atoms with Gasteiger partial charge in [-0.3, -0.25) is 10.1 Å². The predicted octanol–water partition coefficient (Wildman–Crippen LogP) is 1.57. The van der Waals surface area contributed by atoms with Crippen molar-refractivity contribution in [2.45, 2.75) is 33.4 Å². The van der Waals surface area contributed by atoms with Crippen molar-refractivity contribution in [2.24, 2.45) is 5.92 Å². The number of carboxylic acids is 1. The molecule has 0 aromatic carbocycles. The molecule has 0 saturated carbocycles. The van der Waals surface area contributed by atoms with Gasteiger partial charge in [0.05, 0.1) is 13.7 Å². The second-order valence-corrected chi connectivity index (χ2v) is 4.61. The number of esters is 1. The summed E-state index contributed by atoms with van der Waals surface area (Å²) in [6.07, 6.45) is 0. The first-order valence-corrected chi connectivity index (χ1v) is 6.00. The van der Waals surface area contributed by atoms with E-state index in [9.17, 15) is 9.59 Å². The summed E-state index contributed by atoms with van der Waals surface area (Å²) >= 11 is 0. The van der Waals surface area contributed by atoms with E-state index in [1.807, 2.05) is 13.8 Å². The number of rotatable bonds is 6. The van der Waals surface area contributed by atoms with E-state index in [2.05, 4.69) is 5.32 Å². The van der Waals surface area contributed by atoms with Crippen LogP contribution in [0.25, 0.3) is 0 Å². The van der Waals surface area contributed by atoms with E-state index in [0.29, 0.717) is 11.5 Å². The van der Waals surface area contributed by atoms with Crippen LogP contribution < -0.4 is 5.32 Å². The molecule has 0 aliphatic rings. The lowest BCUT2D eigenvalue weighted by Gasteiger charge is -2.19. The molecule has 0 aliphatic heterocycles. The average molecular weight is 269 g/mol. The number of aryl methyl sites for hydroxylation is 1. The third kappa shape index (κ3) is 3.82. The Morgan fingerprint density at radius 1 is 1.47 bits per heavy atom. The van der Waals surface area contributed by atoms with Gasteiger partial charge < -0.3 is 14.3 Å². The van der Waals surface area contributed by atoms with Crippen LogP contribution >= 0.6 is 0 Å². The summed E-state index contributed by atoms with van der Waals surface area (Å²) in [6.45, 7) is 5.65. The van der Waals surface area contributed by atoms with E-state index in [1.54, 1.807) is 6.92 Å². The van der Waals surface area contributed by atoms with Crippen LogP contribution in [0.4, 0.5) is 0 Å². The lowest BCUT2D eigenvalue weighted by atomic mass is 10.0. The van der Waals surface area contributed by atoms with Crippen molar-refractivity contribution in [1.82, 2.24) is 5.32 Å². The zero-order chi connectivity index (χ0) is 14.6. The van der Waals surface area contributed by atoms with Crippen LogP contribution in [0.1, 0.15) is 35.7 Å². The predicted molar refractivity (Wildman–Crippen MR) is 67.9 cm³/mol. The Bertz CT molecular complexity index is 464. The molecule has 6 heteroatoms. The minimum absolute atomic E-state index is 0.0578. The van der Waals surface area contributed by atoms with Crippen LogP contribution in [-0.2, 0) is 16.1 Å². The summed E-state index contributed by atoms with van der Waals surface area (Å²) in [5, 5.41) is 11.9. The molecule has 0 fully saturated rings. The first kappa shape index (κ1) is 15.2. The van der Waals surface area contributed by atoms with Gasteiger partial charge in [-0.05, 0) is 18.9 Å². The smallest absolute Gasteiger partial charge is 0.339 e. The van der Waals surface area contributed by atoms with Gasteiger partial charge in [-0.2, -0.15) is 0 Å². The summed E-state index contributed by atoms with van der Waals surface area (Å²) in [5.41, 5.74) is 0.135. The van der Waals surface area contributed by atoms with Crippen molar-refractivity contribution in [3.8, 4) is 0 Å². The van der Waals surface area contributed by atoms with Gasteiger partial charge in [0.15, 0.2) is 0 Å². The Kier molecular flexibility index (Phi) is 5.11. The molecule has 1 unspecified atom stereocenters. The Morgan fingerprint density at radius 3 is 2.53 bits per heavy atom. The minimum atomic E-state index is -1.03. The number of carboxylic acid groups (broad SMARTS) is 1. The number of furan rings is 1. The fourth-order valence-corrected chi connectivity index (χ4v) is 1.77. The van der Waals surface area contributed by atoms with Crippen LogP contribution in [0.5, 0.6) is 0 Å². The summed E-state index contributed by atoms with van der Waals surface area (Å²) < 4.78 is 10.0. The van der Waals surface area contributed by atoms with Gasteiger partial charge in [0.2, 0.25) is 0 Å². The molecular formula is C13H19NO5. The standard InChI is InChI=1S/C13H19NO5/c1-7(2)11(13(17)18-4)14-6-9-5-10(12(15)16)8(3)19-9/h5,7,11,14H,6H2,1-4H3,(H,15,16). The molecule has 1 heterocycles. The average Bonchev–Trinajstić information content (AvgIpc) is 2.70. The number of aromatic carboxylic acids is 1. The van der Waals surface area contributed by atoms with Crippen LogP contribution in [0.3, 0.4) is 0 Å². The van der Waals surface area contributed by atoms with Crippen molar-refractivity contribution < 1.29 is 23.8 Å². The first-order valence-electron chi connectivity index (χ1n) is 6.00. The molecule has 2 N–H and O–H groups in total. The van der Waals surface area contributed by atoms with Gasteiger partial charge in [0.25, 0.3) is 0 Å². The zero-order valence-corrected chi connectivity index (χ0v) is 11.5. The number of carbonyl (C=O) groups excluding carboxylic acids is 1. The first-order chi connectivity index (χ1) is 8.86. The number of hydrogen-bond acceptors (Lipinski definition) is 5. The molecule has 6 nitrogen and oxygen atoms in total. The van der Waals surface area contributed by atoms with E-state index >= 15 is 0 Å². The van der Waals surface area contributed by atoms with Crippen LogP contribution in [0, 0.1) is 12.8 Å². The van der Waals surface area contributed by atoms with E-state index in [0.717, 1.165) is 0 Å². The van der Waals surface area contributed by atoms with Gasteiger partial charge in [0.1, 0.15) is 23.1 Å². The summed E-state index contributed by atoms with van der Waals surface area (Å²) in [5.74, 6) is -0.493. The Balaban J connectivity index is 2.72. The summed E-state index contributed by atoms with van der Waals surface area (Å²) in [7, 11) is 1.33. The van der Waals surface area contributed by atoms with Gasteiger partial charge in [-0.15, -0.1) is 0 Å². The zero-order valence-electron chi connectivity index (χ0n) is 11.5. The molecule has 0 spiro atoms. The van der Waals surface area contributed by atoms with Crippen molar-refractivity contribution in [1.29, 1.82) is 0 Å². The molecular weight excluding hydrogens is 250 g/mol. The highest BCUT2D eigenvalue weighted by Crippen LogP contribution is 2.15.